The molecule has 1 aliphatic heterocycles. The van der Waals surface area contributed by atoms with Crippen LogP contribution >= 0.6 is 0 Å². The van der Waals surface area contributed by atoms with Gasteiger partial charge in [0.15, 0.2) is 0 Å². The van der Waals surface area contributed by atoms with E-state index < -0.39 is 18.0 Å². The van der Waals surface area contributed by atoms with E-state index in [0.29, 0.717) is 18.9 Å². The molecule has 0 saturated carbocycles. The fourth-order valence-corrected chi connectivity index (χ4v) is 1.58. The van der Waals surface area contributed by atoms with E-state index in [1.165, 1.54) is 0 Å². The minimum atomic E-state index is -0.875. The van der Waals surface area contributed by atoms with Gasteiger partial charge < -0.3 is 9.84 Å². The maximum absolute atomic E-state index is 10.9. The van der Waals surface area contributed by atoms with Crippen molar-refractivity contribution >= 4 is 5.97 Å². The van der Waals surface area contributed by atoms with E-state index in [4.69, 9.17) is 9.84 Å². The summed E-state index contributed by atoms with van der Waals surface area (Å²) in [7, 11) is 0. The highest BCUT2D eigenvalue weighted by atomic mass is 16.5. The number of carboxylic acids is 1. The van der Waals surface area contributed by atoms with Crippen molar-refractivity contribution in [2.45, 2.75) is 18.9 Å². The summed E-state index contributed by atoms with van der Waals surface area (Å²) in [6.07, 6.45) is 0.778. The zero-order valence-electron chi connectivity index (χ0n) is 7.38. The molecule has 7 nitrogen and oxygen atoms in total. The van der Waals surface area contributed by atoms with E-state index in [-0.39, 0.29) is 0 Å². The standard InChI is InChI=1S/C7H10N4O3/c12-7(13)4-2-1-3-14-5(4)6-8-10-11-9-6/h4-5H,1-3H2,(H,12,13)(H,8,9,10,11)/t4-,5-/m0/s1. The predicted molar refractivity (Wildman–Crippen MR) is 43.2 cm³/mol. The van der Waals surface area contributed by atoms with Crippen LogP contribution in [0.1, 0.15) is 24.8 Å². The molecule has 1 aromatic rings. The third-order valence-corrected chi connectivity index (χ3v) is 2.26. The molecule has 1 fully saturated rings. The van der Waals surface area contributed by atoms with Crippen LogP contribution in [-0.4, -0.2) is 38.3 Å². The third-order valence-electron chi connectivity index (χ3n) is 2.26. The lowest BCUT2D eigenvalue weighted by molar-refractivity contribution is -0.152. The Kier molecular flexibility index (Phi) is 2.40. The van der Waals surface area contributed by atoms with Crippen molar-refractivity contribution in [2.75, 3.05) is 6.61 Å². The number of carbonyl (C=O) groups is 1. The van der Waals surface area contributed by atoms with Crippen LogP contribution in [0.3, 0.4) is 0 Å². The second-order valence-corrected chi connectivity index (χ2v) is 3.15. The molecular weight excluding hydrogens is 188 g/mol. The van der Waals surface area contributed by atoms with Crippen LogP contribution < -0.4 is 0 Å². The number of aromatic nitrogens is 4. The van der Waals surface area contributed by atoms with Gasteiger partial charge in [0.25, 0.3) is 0 Å². The van der Waals surface area contributed by atoms with E-state index in [1.807, 2.05) is 0 Å². The zero-order valence-corrected chi connectivity index (χ0v) is 7.38. The Morgan fingerprint density at radius 3 is 3.14 bits per heavy atom. The number of H-pyrrole nitrogens is 1. The number of rotatable bonds is 2. The molecule has 0 unspecified atom stereocenters. The number of carboxylic acid groups (broad SMARTS) is 1. The highest BCUT2D eigenvalue weighted by Gasteiger charge is 2.35. The highest BCUT2D eigenvalue weighted by molar-refractivity contribution is 5.70. The van der Waals surface area contributed by atoms with Crippen LogP contribution in [0, 0.1) is 5.92 Å². The molecule has 7 heteroatoms. The minimum absolute atomic E-state index is 0.317. The van der Waals surface area contributed by atoms with Gasteiger partial charge in [0.05, 0.1) is 5.92 Å². The van der Waals surface area contributed by atoms with Crippen LogP contribution in [-0.2, 0) is 9.53 Å². The molecule has 1 saturated heterocycles. The molecule has 2 atom stereocenters. The topological polar surface area (TPSA) is 101 Å². The summed E-state index contributed by atoms with van der Waals surface area (Å²) in [5.74, 6) is -1.13. The quantitative estimate of drug-likeness (QED) is 0.679. The Hall–Kier alpha value is -1.50. The first-order chi connectivity index (χ1) is 6.79. The number of nitrogens with zero attached hydrogens (tertiary/aromatic N) is 3. The summed E-state index contributed by atoms with van der Waals surface area (Å²) >= 11 is 0. The van der Waals surface area contributed by atoms with Crippen molar-refractivity contribution < 1.29 is 14.6 Å². The molecule has 14 heavy (non-hydrogen) atoms. The number of aromatic amines is 1. The molecule has 2 heterocycles. The summed E-state index contributed by atoms with van der Waals surface area (Å²) in [5.41, 5.74) is 0. The van der Waals surface area contributed by atoms with Crippen molar-refractivity contribution in [1.29, 1.82) is 0 Å². The van der Waals surface area contributed by atoms with Gasteiger partial charge in [-0.3, -0.25) is 4.79 Å². The van der Waals surface area contributed by atoms with Crippen LogP contribution in [0.2, 0.25) is 0 Å². The average molecular weight is 198 g/mol. The van der Waals surface area contributed by atoms with E-state index in [9.17, 15) is 4.79 Å². The Labute approximate surface area is 79.5 Å². The number of ether oxygens (including phenoxy) is 1. The number of hydrogen-bond acceptors (Lipinski definition) is 5. The van der Waals surface area contributed by atoms with E-state index in [2.05, 4.69) is 20.6 Å². The van der Waals surface area contributed by atoms with E-state index in [0.717, 1.165) is 6.42 Å². The molecule has 0 aliphatic carbocycles. The lowest BCUT2D eigenvalue weighted by atomic mass is 9.94. The molecule has 2 N–H and O–H groups in total. The van der Waals surface area contributed by atoms with Gasteiger partial charge in [-0.15, -0.1) is 10.2 Å². The van der Waals surface area contributed by atoms with Gasteiger partial charge in [0, 0.05) is 6.61 Å². The van der Waals surface area contributed by atoms with E-state index in [1.54, 1.807) is 0 Å². The molecular formula is C7H10N4O3. The smallest absolute Gasteiger partial charge is 0.309 e. The molecule has 0 amide bonds. The monoisotopic (exact) mass is 198 g/mol. The molecule has 76 valence electrons. The van der Waals surface area contributed by atoms with Gasteiger partial charge >= 0.3 is 5.97 Å². The molecule has 1 aromatic heterocycles. The fourth-order valence-electron chi connectivity index (χ4n) is 1.58. The van der Waals surface area contributed by atoms with Gasteiger partial charge in [-0.25, -0.2) is 0 Å². The minimum Gasteiger partial charge on any atom is -0.481 e. The van der Waals surface area contributed by atoms with Crippen molar-refractivity contribution in [3.05, 3.63) is 5.82 Å². The second kappa shape index (κ2) is 3.70. The maximum Gasteiger partial charge on any atom is 0.309 e. The van der Waals surface area contributed by atoms with Crippen LogP contribution in [0.5, 0.6) is 0 Å². The summed E-state index contributed by atoms with van der Waals surface area (Å²) in [6, 6.07) is 0. The van der Waals surface area contributed by atoms with Gasteiger partial charge in [0.1, 0.15) is 6.10 Å². The third kappa shape index (κ3) is 1.58. The highest BCUT2D eigenvalue weighted by Crippen LogP contribution is 2.31. The SMILES string of the molecule is O=C(O)[C@H]1CCCO[C@@H]1c1nn[nH]n1. The van der Waals surface area contributed by atoms with Crippen LogP contribution in [0.25, 0.3) is 0 Å². The van der Waals surface area contributed by atoms with Crippen molar-refractivity contribution in [2.24, 2.45) is 5.92 Å². The maximum atomic E-state index is 10.9. The number of hydrogen-bond donors (Lipinski definition) is 2. The zero-order chi connectivity index (χ0) is 9.97. The number of tetrazole rings is 1. The second-order valence-electron chi connectivity index (χ2n) is 3.15. The Balaban J connectivity index is 2.18. The fraction of sp³-hybridized carbons (Fsp3) is 0.714. The molecule has 0 bridgehead atoms. The Bertz CT molecular complexity index is 313. The van der Waals surface area contributed by atoms with Crippen molar-refractivity contribution in [3.63, 3.8) is 0 Å². The lowest BCUT2D eigenvalue weighted by Gasteiger charge is -2.26. The molecule has 0 radical (unpaired) electrons. The Morgan fingerprint density at radius 2 is 2.50 bits per heavy atom. The van der Waals surface area contributed by atoms with Crippen molar-refractivity contribution in [3.8, 4) is 0 Å². The molecule has 2 rings (SSSR count). The van der Waals surface area contributed by atoms with Gasteiger partial charge in [-0.2, -0.15) is 5.21 Å². The number of nitrogens with one attached hydrogen (secondary N) is 1. The molecule has 1 aliphatic rings. The van der Waals surface area contributed by atoms with Gasteiger partial charge in [0.2, 0.25) is 5.82 Å². The van der Waals surface area contributed by atoms with Gasteiger partial charge in [-0.05, 0) is 12.8 Å². The first-order valence-corrected chi connectivity index (χ1v) is 4.37. The van der Waals surface area contributed by atoms with Crippen LogP contribution in [0.4, 0.5) is 0 Å². The summed E-state index contributed by atoms with van der Waals surface area (Å²) in [4.78, 5) is 10.9. The first-order valence-electron chi connectivity index (χ1n) is 4.37. The molecule has 0 spiro atoms. The van der Waals surface area contributed by atoms with Crippen LogP contribution in [0.15, 0.2) is 0 Å². The summed E-state index contributed by atoms with van der Waals surface area (Å²) in [5, 5.41) is 22.1. The average Bonchev–Trinajstić information content (AvgIpc) is 2.70. The largest absolute Gasteiger partial charge is 0.481 e. The summed E-state index contributed by atoms with van der Waals surface area (Å²) in [6.45, 7) is 0.545. The summed E-state index contributed by atoms with van der Waals surface area (Å²) < 4.78 is 5.33. The van der Waals surface area contributed by atoms with E-state index >= 15 is 0 Å². The van der Waals surface area contributed by atoms with Crippen molar-refractivity contribution in [1.82, 2.24) is 20.6 Å². The normalized spacial score (nSPS) is 27.4. The first kappa shape index (κ1) is 9.07. The lowest BCUT2D eigenvalue weighted by Crippen LogP contribution is -2.29. The predicted octanol–water partition coefficient (Wildman–Crippen LogP) is -0.248. The number of aliphatic carboxylic acids is 1. The van der Waals surface area contributed by atoms with Gasteiger partial charge in [-0.1, -0.05) is 5.21 Å². The Morgan fingerprint density at radius 1 is 1.64 bits per heavy atom. The molecule has 0 aromatic carbocycles.